The van der Waals surface area contributed by atoms with Gasteiger partial charge >= 0.3 is 0 Å². The monoisotopic (exact) mass is 500 g/mol. The fourth-order valence-corrected chi connectivity index (χ4v) is 4.78. The molecule has 2 N–H and O–H groups in total. The van der Waals surface area contributed by atoms with Crippen molar-refractivity contribution in [2.24, 2.45) is 0 Å². The zero-order valence-corrected chi connectivity index (χ0v) is 22.7. The van der Waals surface area contributed by atoms with E-state index in [1.807, 2.05) is 0 Å². The van der Waals surface area contributed by atoms with E-state index in [1.54, 1.807) is 0 Å². The van der Waals surface area contributed by atoms with Gasteiger partial charge in [0.05, 0.1) is 18.6 Å². The van der Waals surface area contributed by atoms with Crippen LogP contribution in [0, 0.1) is 0 Å². The summed E-state index contributed by atoms with van der Waals surface area (Å²) in [5, 5.41) is 19.9. The van der Waals surface area contributed by atoms with Crippen LogP contribution in [0.4, 0.5) is 0 Å². The van der Waals surface area contributed by atoms with Crippen molar-refractivity contribution in [3.05, 3.63) is 36.4 Å². The Morgan fingerprint density at radius 2 is 0.750 bits per heavy atom. The number of hydrogen-bond donors (Lipinski definition) is 2. The molecule has 0 saturated heterocycles. The van der Waals surface area contributed by atoms with Crippen molar-refractivity contribution in [1.29, 1.82) is 0 Å². The molecular weight excluding hydrogens is 448 g/mol. The Kier molecular flexibility index (Phi) is 18.0. The Balaban J connectivity index is 1.63. The molecule has 2 aromatic rings. The number of unbranched alkanes of at least 4 members (excludes halogenated alkanes) is 16. The van der Waals surface area contributed by atoms with Crippen LogP contribution >= 0.6 is 0 Å². The molecule has 0 aliphatic heterocycles. The molecule has 4 heteroatoms. The van der Waals surface area contributed by atoms with Crippen molar-refractivity contribution >= 4 is 10.8 Å². The summed E-state index contributed by atoms with van der Waals surface area (Å²) >= 11 is 0. The van der Waals surface area contributed by atoms with Gasteiger partial charge in [-0.3, -0.25) is 0 Å². The van der Waals surface area contributed by atoms with Crippen molar-refractivity contribution in [2.75, 3.05) is 26.4 Å². The summed E-state index contributed by atoms with van der Waals surface area (Å²) in [5.74, 6) is 1.88. The first-order valence-corrected chi connectivity index (χ1v) is 14.9. The average molecular weight is 501 g/mol. The van der Waals surface area contributed by atoms with E-state index in [0.717, 1.165) is 68.6 Å². The zero-order valence-electron chi connectivity index (χ0n) is 22.7. The predicted octanol–water partition coefficient (Wildman–Crippen LogP) is 8.60. The van der Waals surface area contributed by atoms with Gasteiger partial charge in [0.1, 0.15) is 11.5 Å². The number of benzene rings is 2. The second kappa shape index (κ2) is 21.3. The summed E-state index contributed by atoms with van der Waals surface area (Å²) in [6.07, 6.45) is 21.7. The van der Waals surface area contributed by atoms with Gasteiger partial charge in [-0.15, -0.1) is 0 Å². The number of aliphatic hydroxyl groups is 2. The highest BCUT2D eigenvalue weighted by molar-refractivity contribution is 5.93. The largest absolute Gasteiger partial charge is 0.493 e. The van der Waals surface area contributed by atoms with Gasteiger partial charge in [-0.05, 0) is 43.2 Å². The van der Waals surface area contributed by atoms with Gasteiger partial charge in [0.2, 0.25) is 0 Å². The van der Waals surface area contributed by atoms with Crippen LogP contribution in [-0.4, -0.2) is 36.6 Å². The average Bonchev–Trinajstić information content (AvgIpc) is 2.90. The molecular formula is C32H52O4. The third-order valence-electron chi connectivity index (χ3n) is 6.95. The highest BCUT2D eigenvalue weighted by Crippen LogP contribution is 2.34. The molecule has 2 aromatic carbocycles. The van der Waals surface area contributed by atoms with E-state index in [4.69, 9.17) is 19.7 Å². The second-order valence-corrected chi connectivity index (χ2v) is 10.1. The Bertz CT molecular complexity index is 715. The summed E-state index contributed by atoms with van der Waals surface area (Å²) in [4.78, 5) is 0. The highest BCUT2D eigenvalue weighted by Gasteiger charge is 2.09. The summed E-state index contributed by atoms with van der Waals surface area (Å²) < 4.78 is 12.4. The quantitative estimate of drug-likeness (QED) is 0.142. The third-order valence-corrected chi connectivity index (χ3v) is 6.95. The van der Waals surface area contributed by atoms with E-state index in [9.17, 15) is 0 Å². The first kappa shape index (κ1) is 30.4. The summed E-state index contributed by atoms with van der Waals surface area (Å²) in [7, 11) is 0. The highest BCUT2D eigenvalue weighted by atomic mass is 16.5. The maximum absolute atomic E-state index is 8.83. The van der Waals surface area contributed by atoms with Gasteiger partial charge in [-0.1, -0.05) is 114 Å². The van der Waals surface area contributed by atoms with Crippen molar-refractivity contribution in [3.63, 3.8) is 0 Å². The van der Waals surface area contributed by atoms with Crippen molar-refractivity contribution in [1.82, 2.24) is 0 Å². The third kappa shape index (κ3) is 13.5. The van der Waals surface area contributed by atoms with Crippen LogP contribution in [0.2, 0.25) is 0 Å². The second-order valence-electron chi connectivity index (χ2n) is 10.1. The van der Waals surface area contributed by atoms with Gasteiger partial charge < -0.3 is 19.7 Å². The van der Waals surface area contributed by atoms with Crippen LogP contribution in [-0.2, 0) is 0 Å². The van der Waals surface area contributed by atoms with Crippen LogP contribution < -0.4 is 9.47 Å². The molecule has 204 valence electrons. The Morgan fingerprint density at radius 3 is 1.11 bits per heavy atom. The number of ether oxygens (including phenoxy) is 2. The number of hydrogen-bond acceptors (Lipinski definition) is 4. The Labute approximate surface area is 220 Å². The minimum absolute atomic E-state index is 0.332. The van der Waals surface area contributed by atoms with Crippen LogP contribution in [0.3, 0.4) is 0 Å². The molecule has 0 unspecified atom stereocenters. The van der Waals surface area contributed by atoms with Crippen molar-refractivity contribution in [2.45, 2.75) is 116 Å². The van der Waals surface area contributed by atoms with Gasteiger partial charge in [0.15, 0.2) is 0 Å². The predicted molar refractivity (Wildman–Crippen MR) is 152 cm³/mol. The minimum Gasteiger partial charge on any atom is -0.493 e. The molecule has 0 radical (unpaired) electrons. The molecule has 0 fully saturated rings. The Morgan fingerprint density at radius 1 is 0.417 bits per heavy atom. The topological polar surface area (TPSA) is 58.9 Å². The molecule has 0 aliphatic rings. The van der Waals surface area contributed by atoms with E-state index in [1.165, 1.54) is 82.4 Å². The van der Waals surface area contributed by atoms with Gasteiger partial charge in [0, 0.05) is 13.2 Å². The molecule has 36 heavy (non-hydrogen) atoms. The lowest BCUT2D eigenvalue weighted by Gasteiger charge is -2.14. The van der Waals surface area contributed by atoms with E-state index >= 15 is 0 Å². The molecule has 0 heterocycles. The Hall–Kier alpha value is -1.78. The summed E-state index contributed by atoms with van der Waals surface area (Å²) in [5.41, 5.74) is 0. The summed E-state index contributed by atoms with van der Waals surface area (Å²) in [6, 6.07) is 12.6. The van der Waals surface area contributed by atoms with Crippen LogP contribution in [0.15, 0.2) is 36.4 Å². The number of rotatable bonds is 24. The maximum Gasteiger partial charge on any atom is 0.130 e. The molecule has 0 amide bonds. The minimum atomic E-state index is 0.332. The number of fused-ring (bicyclic) bond motifs is 1. The molecule has 0 aromatic heterocycles. The fourth-order valence-electron chi connectivity index (χ4n) is 4.78. The molecule has 0 atom stereocenters. The number of aliphatic hydroxyl groups excluding tert-OH is 2. The smallest absolute Gasteiger partial charge is 0.130 e. The first-order chi connectivity index (χ1) is 17.9. The standard InChI is InChI=1S/C32H52O4/c33-25-15-11-7-3-1-5-9-13-17-27-35-30-23-19-21-29-22-20-24-31(32(29)30)36-28-18-14-10-6-2-4-8-12-16-26-34/h19-24,33-34H,1-18,25-28H2. The lowest BCUT2D eigenvalue weighted by atomic mass is 10.1. The van der Waals surface area contributed by atoms with Crippen molar-refractivity contribution in [3.8, 4) is 11.5 Å². The van der Waals surface area contributed by atoms with E-state index in [2.05, 4.69) is 36.4 Å². The van der Waals surface area contributed by atoms with Gasteiger partial charge in [0.25, 0.3) is 0 Å². The molecule has 4 nitrogen and oxygen atoms in total. The van der Waals surface area contributed by atoms with E-state index in [0.29, 0.717) is 13.2 Å². The van der Waals surface area contributed by atoms with Crippen LogP contribution in [0.5, 0.6) is 11.5 Å². The maximum atomic E-state index is 8.83. The lowest BCUT2D eigenvalue weighted by molar-refractivity contribution is 0.282. The SMILES string of the molecule is OCCCCCCCCCCCOc1cccc2cccc(OCCCCCCCCCCCO)c12. The molecule has 2 rings (SSSR count). The molecule has 0 saturated carbocycles. The zero-order chi connectivity index (χ0) is 25.5. The molecule has 0 aliphatic carbocycles. The van der Waals surface area contributed by atoms with Gasteiger partial charge in [-0.2, -0.15) is 0 Å². The molecule has 0 spiro atoms. The van der Waals surface area contributed by atoms with Crippen LogP contribution in [0.1, 0.15) is 116 Å². The fraction of sp³-hybridized carbons (Fsp3) is 0.688. The van der Waals surface area contributed by atoms with Crippen LogP contribution in [0.25, 0.3) is 10.8 Å². The van der Waals surface area contributed by atoms with E-state index in [-0.39, 0.29) is 0 Å². The summed E-state index contributed by atoms with van der Waals surface area (Å²) in [6.45, 7) is 2.17. The first-order valence-electron chi connectivity index (χ1n) is 14.9. The van der Waals surface area contributed by atoms with Gasteiger partial charge in [-0.25, -0.2) is 0 Å². The lowest BCUT2D eigenvalue weighted by Crippen LogP contribution is -2.01. The van der Waals surface area contributed by atoms with E-state index < -0.39 is 0 Å². The normalized spacial score (nSPS) is 11.3. The van der Waals surface area contributed by atoms with Crippen molar-refractivity contribution < 1.29 is 19.7 Å². The molecule has 0 bridgehead atoms.